The smallest absolute Gasteiger partial charge is 0.276 e. The Morgan fingerprint density at radius 2 is 2.08 bits per heavy atom. The highest BCUT2D eigenvalue weighted by Gasteiger charge is 2.23. The molecule has 0 saturated heterocycles. The average Bonchev–Trinajstić information content (AvgIpc) is 2.96. The molecule has 4 N–H and O–H groups in total. The quantitative estimate of drug-likeness (QED) is 0.588. The first-order chi connectivity index (χ1) is 12.0. The lowest BCUT2D eigenvalue weighted by atomic mass is 9.92. The van der Waals surface area contributed by atoms with E-state index in [4.69, 9.17) is 10.5 Å². The summed E-state index contributed by atoms with van der Waals surface area (Å²) in [4.78, 5) is 21.6. The first-order valence-electron chi connectivity index (χ1n) is 7.81. The molecule has 132 valence electrons. The zero-order valence-corrected chi connectivity index (χ0v) is 14.9. The van der Waals surface area contributed by atoms with Crippen molar-refractivity contribution in [2.45, 2.75) is 5.92 Å². The van der Waals surface area contributed by atoms with Crippen LogP contribution in [0.1, 0.15) is 17.0 Å². The molecule has 3 rings (SSSR count). The predicted octanol–water partition coefficient (Wildman–Crippen LogP) is 2.82. The van der Waals surface area contributed by atoms with Crippen LogP contribution in [0.4, 0.5) is 10.3 Å². The van der Waals surface area contributed by atoms with Crippen molar-refractivity contribution in [1.82, 2.24) is 15.0 Å². The molecular weight excluding hydrogens is 342 g/mol. The van der Waals surface area contributed by atoms with Crippen LogP contribution in [0.15, 0.2) is 35.3 Å². The maximum absolute atomic E-state index is 14.4. The highest BCUT2D eigenvalue weighted by atomic mass is 31.1. The highest BCUT2D eigenvalue weighted by molar-refractivity contribution is 7.55. The summed E-state index contributed by atoms with van der Waals surface area (Å²) in [7, 11) is -0.224. The van der Waals surface area contributed by atoms with Gasteiger partial charge in [0.1, 0.15) is 16.9 Å². The minimum Gasteiger partial charge on any atom is -0.376 e. The summed E-state index contributed by atoms with van der Waals surface area (Å²) >= 11 is 0. The molecule has 0 bridgehead atoms. The lowest BCUT2D eigenvalue weighted by molar-refractivity contribution is 0.171. The van der Waals surface area contributed by atoms with Crippen molar-refractivity contribution in [3.63, 3.8) is 0 Å². The predicted molar refractivity (Wildman–Crippen MR) is 99.0 cm³/mol. The van der Waals surface area contributed by atoms with Crippen molar-refractivity contribution in [3.8, 4) is 0 Å². The molecule has 8 heteroatoms. The Balaban J connectivity index is 2.08. The largest absolute Gasteiger partial charge is 0.376 e. The van der Waals surface area contributed by atoms with Crippen molar-refractivity contribution in [3.05, 3.63) is 57.8 Å². The third-order valence-electron chi connectivity index (χ3n) is 3.87. The standard InChI is InChI=1S/C17H20FN4O2P/c1-25(2)9-24-8-12(10-5-3-4-6-13(10)18)11-7-20-15-14(11)21-17(19)22-16(15)23/h3-7,12,20H,8-9H2,1-2H3,(H3,19,21,22,23)/t12-/m0/s1. The molecule has 1 atom stereocenters. The maximum atomic E-state index is 14.4. The van der Waals surface area contributed by atoms with E-state index < -0.39 is 5.92 Å². The number of hydrogen-bond donors (Lipinski definition) is 3. The van der Waals surface area contributed by atoms with Crippen LogP contribution in [0.25, 0.3) is 11.0 Å². The lowest BCUT2D eigenvalue weighted by Crippen LogP contribution is -2.14. The van der Waals surface area contributed by atoms with Gasteiger partial charge in [-0.3, -0.25) is 9.78 Å². The van der Waals surface area contributed by atoms with Crippen molar-refractivity contribution in [1.29, 1.82) is 0 Å². The number of aromatic amines is 2. The number of fused-ring (bicyclic) bond motifs is 1. The molecule has 0 aliphatic rings. The molecule has 0 amide bonds. The molecule has 0 radical (unpaired) electrons. The van der Waals surface area contributed by atoms with Gasteiger partial charge in [0.05, 0.1) is 13.0 Å². The first-order valence-corrected chi connectivity index (χ1v) is 10.2. The third-order valence-corrected chi connectivity index (χ3v) is 4.57. The Morgan fingerprint density at radius 1 is 1.32 bits per heavy atom. The summed E-state index contributed by atoms with van der Waals surface area (Å²) in [6.45, 7) is 4.52. The number of H-pyrrole nitrogens is 2. The topological polar surface area (TPSA) is 96.8 Å². The van der Waals surface area contributed by atoms with Crippen LogP contribution in [-0.4, -0.2) is 41.2 Å². The van der Waals surface area contributed by atoms with Crippen molar-refractivity contribution in [2.24, 2.45) is 0 Å². The number of ether oxygens (including phenoxy) is 1. The summed E-state index contributed by atoms with van der Waals surface area (Å²) in [5.41, 5.74) is 7.27. The van der Waals surface area contributed by atoms with Crippen LogP contribution in [0.5, 0.6) is 0 Å². The van der Waals surface area contributed by atoms with E-state index in [1.807, 2.05) is 0 Å². The molecule has 2 heterocycles. The second-order valence-corrected chi connectivity index (χ2v) is 8.49. The van der Waals surface area contributed by atoms with Crippen molar-refractivity contribution >= 4 is 24.9 Å². The zero-order chi connectivity index (χ0) is 18.0. The van der Waals surface area contributed by atoms with Crippen molar-refractivity contribution < 1.29 is 9.13 Å². The molecule has 0 saturated carbocycles. The second-order valence-electron chi connectivity index (χ2n) is 6.07. The number of nitrogen functional groups attached to an aromatic ring is 1. The molecule has 3 aromatic rings. The number of nitrogens with zero attached hydrogens (tertiary/aromatic N) is 1. The highest BCUT2D eigenvalue weighted by Crippen LogP contribution is 2.32. The van der Waals surface area contributed by atoms with Gasteiger partial charge in [0, 0.05) is 17.7 Å². The Hall–Kier alpha value is -2.24. The van der Waals surface area contributed by atoms with Crippen LogP contribution < -0.4 is 11.3 Å². The van der Waals surface area contributed by atoms with E-state index >= 15 is 0 Å². The molecule has 0 aliphatic heterocycles. The van der Waals surface area contributed by atoms with Crippen LogP contribution in [0.3, 0.4) is 0 Å². The van der Waals surface area contributed by atoms with Gasteiger partial charge in [-0.2, -0.15) is 0 Å². The van der Waals surface area contributed by atoms with Crippen LogP contribution in [0, 0.1) is 5.82 Å². The monoisotopic (exact) mass is 362 g/mol. The van der Waals surface area contributed by atoms with E-state index in [1.165, 1.54) is 6.07 Å². The Labute approximate surface area is 145 Å². The van der Waals surface area contributed by atoms with Gasteiger partial charge in [0.25, 0.3) is 5.56 Å². The van der Waals surface area contributed by atoms with Gasteiger partial charge in [0.2, 0.25) is 5.95 Å². The summed E-state index contributed by atoms with van der Waals surface area (Å²) in [6.07, 6.45) is 2.30. The first kappa shape index (κ1) is 17.6. The number of nitrogens with one attached hydrogen (secondary N) is 2. The molecule has 0 spiro atoms. The van der Waals surface area contributed by atoms with E-state index in [2.05, 4.69) is 28.3 Å². The van der Waals surface area contributed by atoms with E-state index in [1.54, 1.807) is 24.4 Å². The molecule has 0 aliphatic carbocycles. The average molecular weight is 362 g/mol. The molecule has 1 aromatic carbocycles. The summed E-state index contributed by atoms with van der Waals surface area (Å²) in [5.74, 6) is -0.686. The maximum Gasteiger partial charge on any atom is 0.276 e. The number of hydrogen-bond acceptors (Lipinski definition) is 4. The Morgan fingerprint density at radius 3 is 2.80 bits per heavy atom. The van der Waals surface area contributed by atoms with E-state index in [9.17, 15) is 9.18 Å². The lowest BCUT2D eigenvalue weighted by Gasteiger charge is -2.18. The van der Waals surface area contributed by atoms with Crippen LogP contribution >= 0.6 is 7.92 Å². The minimum atomic E-state index is -0.390. The summed E-state index contributed by atoms with van der Waals surface area (Å²) in [6, 6.07) is 6.56. The SMILES string of the molecule is CP(C)COC[C@@H](c1ccccc1F)c1c[nH]c2c(=O)[nH]c(N)nc12. The normalized spacial score (nSPS) is 12.8. The van der Waals surface area contributed by atoms with E-state index in [0.29, 0.717) is 35.1 Å². The van der Waals surface area contributed by atoms with E-state index in [0.717, 1.165) is 0 Å². The number of anilines is 1. The number of rotatable bonds is 6. The molecular formula is C17H20FN4O2P. The Kier molecular flexibility index (Phi) is 5.16. The minimum absolute atomic E-state index is 0.0252. The number of aromatic nitrogens is 3. The number of benzene rings is 1. The summed E-state index contributed by atoms with van der Waals surface area (Å²) < 4.78 is 20.2. The van der Waals surface area contributed by atoms with Gasteiger partial charge >= 0.3 is 0 Å². The number of nitrogens with two attached hydrogens (primary N) is 1. The molecule has 25 heavy (non-hydrogen) atoms. The molecule has 6 nitrogen and oxygen atoms in total. The van der Waals surface area contributed by atoms with Gasteiger partial charge in [-0.25, -0.2) is 9.37 Å². The molecule has 0 unspecified atom stereocenters. The summed E-state index contributed by atoms with van der Waals surface area (Å²) in [5, 5.41) is 0. The van der Waals surface area contributed by atoms with Gasteiger partial charge in [0.15, 0.2) is 0 Å². The van der Waals surface area contributed by atoms with Gasteiger partial charge in [-0.1, -0.05) is 26.1 Å². The van der Waals surface area contributed by atoms with Gasteiger partial charge in [-0.05, 0) is 25.0 Å². The fourth-order valence-corrected chi connectivity index (χ4v) is 3.25. The third kappa shape index (κ3) is 3.72. The van der Waals surface area contributed by atoms with Crippen molar-refractivity contribution in [2.75, 3.05) is 32.0 Å². The fraction of sp³-hybridized carbons (Fsp3) is 0.294. The van der Waals surface area contributed by atoms with Gasteiger partial charge < -0.3 is 15.5 Å². The van der Waals surface area contributed by atoms with Gasteiger partial charge in [-0.15, -0.1) is 0 Å². The zero-order valence-electron chi connectivity index (χ0n) is 14.0. The Bertz CT molecular complexity index is 938. The van der Waals surface area contributed by atoms with Crippen LogP contribution in [-0.2, 0) is 4.74 Å². The van der Waals surface area contributed by atoms with E-state index in [-0.39, 0.29) is 25.2 Å². The molecule has 0 fully saturated rings. The number of halogens is 1. The fourth-order valence-electron chi connectivity index (χ4n) is 2.78. The second kappa shape index (κ2) is 7.33. The molecule has 2 aromatic heterocycles. The van der Waals surface area contributed by atoms with Crippen LogP contribution in [0.2, 0.25) is 0 Å².